The van der Waals surface area contributed by atoms with Crippen LogP contribution in [0.4, 0.5) is 0 Å². The Hall–Kier alpha value is -3.80. The van der Waals surface area contributed by atoms with Crippen LogP contribution < -0.4 is 9.47 Å². The van der Waals surface area contributed by atoms with Gasteiger partial charge in [-0.15, -0.1) is 0 Å². The van der Waals surface area contributed by atoms with E-state index in [9.17, 15) is 9.59 Å². The van der Waals surface area contributed by atoms with Crippen LogP contribution in [0, 0.1) is 6.92 Å². The van der Waals surface area contributed by atoms with E-state index >= 15 is 0 Å². The fourth-order valence-corrected chi connectivity index (χ4v) is 3.11. The topological polar surface area (TPSA) is 77.6 Å². The van der Waals surface area contributed by atoms with Crippen LogP contribution in [0.1, 0.15) is 21.6 Å². The largest absolute Gasteiger partial charge is 0.493 e. The number of ketones is 1. The molecule has 0 amide bonds. The number of carbonyl (C=O) groups is 2. The van der Waals surface area contributed by atoms with E-state index in [-0.39, 0.29) is 12.4 Å². The summed E-state index contributed by atoms with van der Waals surface area (Å²) in [6.07, 6.45) is 4.50. The summed E-state index contributed by atoms with van der Waals surface area (Å²) in [4.78, 5) is 27.8. The number of nitrogens with one attached hydrogen (secondary N) is 1. The smallest absolute Gasteiger partial charge is 0.331 e. The van der Waals surface area contributed by atoms with Gasteiger partial charge in [0.1, 0.15) is 6.61 Å². The molecule has 0 aliphatic heterocycles. The summed E-state index contributed by atoms with van der Waals surface area (Å²) < 4.78 is 15.9. The van der Waals surface area contributed by atoms with Gasteiger partial charge in [0.05, 0.1) is 7.11 Å². The Morgan fingerprint density at radius 2 is 1.93 bits per heavy atom. The second-order valence-corrected chi connectivity index (χ2v) is 6.54. The normalized spacial score (nSPS) is 10.9. The molecular formula is C24H23NO5. The van der Waals surface area contributed by atoms with Crippen LogP contribution in [0.25, 0.3) is 17.0 Å². The number of aryl methyl sites for hydroxylation is 1. The zero-order valence-electron chi connectivity index (χ0n) is 16.9. The molecule has 1 aromatic heterocycles. The number of para-hydroxylation sites is 1. The van der Waals surface area contributed by atoms with Crippen LogP contribution in [0.3, 0.4) is 0 Å². The maximum Gasteiger partial charge on any atom is 0.331 e. The monoisotopic (exact) mass is 405 g/mol. The van der Waals surface area contributed by atoms with E-state index in [1.807, 2.05) is 31.2 Å². The number of rotatable bonds is 9. The van der Waals surface area contributed by atoms with Crippen molar-refractivity contribution in [2.45, 2.75) is 6.92 Å². The number of fused-ring (bicyclic) bond motifs is 1. The molecule has 1 N–H and O–H groups in total. The van der Waals surface area contributed by atoms with Gasteiger partial charge < -0.3 is 19.2 Å². The maximum absolute atomic E-state index is 12.6. The van der Waals surface area contributed by atoms with Gasteiger partial charge in [-0.1, -0.05) is 36.9 Å². The van der Waals surface area contributed by atoms with E-state index in [0.717, 1.165) is 22.2 Å². The number of esters is 1. The summed E-state index contributed by atoms with van der Waals surface area (Å²) in [6.45, 7) is 5.47. The first-order chi connectivity index (χ1) is 14.5. The van der Waals surface area contributed by atoms with Crippen molar-refractivity contribution in [3.63, 3.8) is 0 Å². The van der Waals surface area contributed by atoms with Crippen molar-refractivity contribution in [1.29, 1.82) is 0 Å². The highest BCUT2D eigenvalue weighted by Crippen LogP contribution is 2.28. The van der Waals surface area contributed by atoms with Gasteiger partial charge in [-0.05, 0) is 36.8 Å². The molecule has 0 saturated heterocycles. The summed E-state index contributed by atoms with van der Waals surface area (Å²) in [5.41, 5.74) is 2.90. The second kappa shape index (κ2) is 9.60. The van der Waals surface area contributed by atoms with Gasteiger partial charge in [0.2, 0.25) is 5.78 Å². The molecule has 0 fully saturated rings. The molecule has 0 unspecified atom stereocenters. The summed E-state index contributed by atoms with van der Waals surface area (Å²) in [5, 5.41) is 0.817. The highest BCUT2D eigenvalue weighted by molar-refractivity contribution is 6.10. The highest BCUT2D eigenvalue weighted by Gasteiger charge is 2.17. The van der Waals surface area contributed by atoms with Gasteiger partial charge in [-0.25, -0.2) is 4.79 Å². The van der Waals surface area contributed by atoms with Crippen LogP contribution in [0.2, 0.25) is 0 Å². The van der Waals surface area contributed by atoms with Crippen molar-refractivity contribution in [1.82, 2.24) is 4.98 Å². The van der Waals surface area contributed by atoms with Crippen molar-refractivity contribution in [3.05, 3.63) is 78.0 Å². The Balaban J connectivity index is 1.62. The van der Waals surface area contributed by atoms with E-state index in [2.05, 4.69) is 11.6 Å². The minimum absolute atomic E-state index is 0.253. The first-order valence-electron chi connectivity index (χ1n) is 9.40. The SMILES string of the molecule is C=CCOc1ccc(/C=C/C(=O)OCC(=O)c2c(C)[nH]c3ccccc23)cc1OC. The van der Waals surface area contributed by atoms with Crippen molar-refractivity contribution in [2.75, 3.05) is 20.3 Å². The van der Waals surface area contributed by atoms with Gasteiger partial charge in [-0.2, -0.15) is 0 Å². The molecule has 2 aromatic carbocycles. The third-order valence-electron chi connectivity index (χ3n) is 4.47. The number of ether oxygens (including phenoxy) is 3. The average molecular weight is 405 g/mol. The summed E-state index contributed by atoms with van der Waals surface area (Å²) in [7, 11) is 1.54. The van der Waals surface area contributed by atoms with Gasteiger partial charge in [0.25, 0.3) is 0 Å². The number of H-pyrrole nitrogens is 1. The summed E-state index contributed by atoms with van der Waals surface area (Å²) in [6, 6.07) is 12.8. The second-order valence-electron chi connectivity index (χ2n) is 6.54. The lowest BCUT2D eigenvalue weighted by Crippen LogP contribution is -2.13. The van der Waals surface area contributed by atoms with Crippen molar-refractivity contribution >= 4 is 28.7 Å². The van der Waals surface area contributed by atoms with E-state index < -0.39 is 5.97 Å². The summed E-state index contributed by atoms with van der Waals surface area (Å²) >= 11 is 0. The third kappa shape index (κ3) is 4.78. The van der Waals surface area contributed by atoms with Gasteiger partial charge >= 0.3 is 5.97 Å². The maximum atomic E-state index is 12.6. The van der Waals surface area contributed by atoms with Crippen LogP contribution in [-0.2, 0) is 9.53 Å². The number of benzene rings is 2. The first-order valence-corrected chi connectivity index (χ1v) is 9.40. The number of methoxy groups -OCH3 is 1. The number of aromatic nitrogens is 1. The van der Waals surface area contributed by atoms with E-state index in [4.69, 9.17) is 14.2 Å². The quantitative estimate of drug-likeness (QED) is 0.246. The van der Waals surface area contributed by atoms with Crippen LogP contribution >= 0.6 is 0 Å². The summed E-state index contributed by atoms with van der Waals surface area (Å²) in [5.74, 6) is 0.262. The molecule has 0 aliphatic rings. The molecule has 1 heterocycles. The molecule has 0 radical (unpaired) electrons. The van der Waals surface area contributed by atoms with Crippen molar-refractivity contribution in [2.24, 2.45) is 0 Å². The van der Waals surface area contributed by atoms with Gasteiger partial charge in [-0.3, -0.25) is 4.79 Å². The Morgan fingerprint density at radius 3 is 2.70 bits per heavy atom. The number of hydrogen-bond acceptors (Lipinski definition) is 5. The van der Waals surface area contributed by atoms with E-state index in [1.54, 1.807) is 30.4 Å². The van der Waals surface area contributed by atoms with E-state index in [0.29, 0.717) is 23.7 Å². The fourth-order valence-electron chi connectivity index (χ4n) is 3.11. The van der Waals surface area contributed by atoms with Crippen molar-refractivity contribution in [3.8, 4) is 11.5 Å². The van der Waals surface area contributed by atoms with Gasteiger partial charge in [0.15, 0.2) is 18.1 Å². The number of carbonyl (C=O) groups excluding carboxylic acids is 2. The average Bonchev–Trinajstić information content (AvgIpc) is 3.10. The lowest BCUT2D eigenvalue weighted by atomic mass is 10.1. The highest BCUT2D eigenvalue weighted by atomic mass is 16.5. The molecule has 6 heteroatoms. The molecule has 3 aromatic rings. The molecule has 6 nitrogen and oxygen atoms in total. The minimum atomic E-state index is -0.605. The lowest BCUT2D eigenvalue weighted by Gasteiger charge is -2.09. The lowest BCUT2D eigenvalue weighted by molar-refractivity contribution is -0.136. The minimum Gasteiger partial charge on any atom is -0.493 e. The fraction of sp³-hybridized carbons (Fsp3) is 0.167. The molecule has 30 heavy (non-hydrogen) atoms. The van der Waals surface area contributed by atoms with Crippen LogP contribution in [0.5, 0.6) is 11.5 Å². The van der Waals surface area contributed by atoms with Crippen LogP contribution in [0.15, 0.2) is 61.2 Å². The molecule has 0 saturated carbocycles. The molecule has 154 valence electrons. The number of aromatic amines is 1. The zero-order valence-corrected chi connectivity index (χ0v) is 16.9. The van der Waals surface area contributed by atoms with Crippen LogP contribution in [-0.4, -0.2) is 37.1 Å². The van der Waals surface area contributed by atoms with Gasteiger partial charge in [0, 0.05) is 28.2 Å². The Morgan fingerprint density at radius 1 is 1.13 bits per heavy atom. The molecule has 0 aliphatic carbocycles. The molecular weight excluding hydrogens is 382 g/mol. The Bertz CT molecular complexity index is 1110. The Kier molecular flexibility index (Phi) is 6.70. The van der Waals surface area contributed by atoms with Crippen molar-refractivity contribution < 1.29 is 23.8 Å². The predicted molar refractivity (Wildman–Crippen MR) is 116 cm³/mol. The molecule has 0 atom stereocenters. The zero-order chi connectivity index (χ0) is 21.5. The predicted octanol–water partition coefficient (Wildman–Crippen LogP) is 4.49. The standard InChI is InChI=1S/C24H23NO5/c1-4-13-29-21-11-9-17(14-22(21)28-3)10-12-23(27)30-15-20(26)24-16(2)25-19-8-6-5-7-18(19)24/h4-12,14,25H,1,13,15H2,2-3H3/b12-10+. The molecule has 0 spiro atoms. The molecule has 0 bridgehead atoms. The number of hydrogen-bond donors (Lipinski definition) is 1. The number of Topliss-reactive ketones (excluding diaryl/α,β-unsaturated/α-hetero) is 1. The third-order valence-corrected chi connectivity index (χ3v) is 4.47. The Labute approximate surface area is 174 Å². The first kappa shape index (κ1) is 20.9. The van der Waals surface area contributed by atoms with E-state index in [1.165, 1.54) is 13.2 Å². The molecule has 3 rings (SSSR count).